The van der Waals surface area contributed by atoms with Crippen molar-refractivity contribution in [3.8, 4) is 5.75 Å². The van der Waals surface area contributed by atoms with Crippen LogP contribution < -0.4 is 16.0 Å². The quantitative estimate of drug-likeness (QED) is 0.458. The Morgan fingerprint density at radius 3 is 2.48 bits per heavy atom. The standard InChI is InChI=1S/C14H19N3O4/c1-15-12(8-10-2-4-11(19)5-3-10)14(21)17-9-13(20)16-6-7-18/h2-5,7,12,15,19H,6,8-9H2,1H3,(H,16,20)(H,17,21)/t12-/m0/s1. The fourth-order valence-electron chi connectivity index (χ4n) is 1.70. The molecule has 0 aliphatic rings. The smallest absolute Gasteiger partial charge is 0.239 e. The first kappa shape index (κ1) is 16.6. The summed E-state index contributed by atoms with van der Waals surface area (Å²) in [5, 5.41) is 16.9. The Balaban J connectivity index is 2.47. The Kier molecular flexibility index (Phi) is 6.90. The lowest BCUT2D eigenvalue weighted by molar-refractivity contribution is -0.127. The van der Waals surface area contributed by atoms with E-state index in [0.717, 1.165) is 5.56 Å². The van der Waals surface area contributed by atoms with Crippen LogP contribution in [0.1, 0.15) is 5.56 Å². The summed E-state index contributed by atoms with van der Waals surface area (Å²) in [6.07, 6.45) is 1.000. The van der Waals surface area contributed by atoms with Gasteiger partial charge in [0.25, 0.3) is 0 Å². The van der Waals surface area contributed by atoms with Crippen LogP contribution in [0.5, 0.6) is 5.75 Å². The van der Waals surface area contributed by atoms with Crippen LogP contribution in [0.4, 0.5) is 0 Å². The van der Waals surface area contributed by atoms with Crippen molar-refractivity contribution in [2.45, 2.75) is 12.5 Å². The van der Waals surface area contributed by atoms with Gasteiger partial charge in [0.05, 0.1) is 19.1 Å². The number of phenolic OH excluding ortho intramolecular Hbond substituents is 1. The third kappa shape index (κ3) is 6.05. The second-order valence-corrected chi connectivity index (χ2v) is 4.40. The first-order valence-corrected chi connectivity index (χ1v) is 6.50. The molecule has 0 fully saturated rings. The van der Waals surface area contributed by atoms with E-state index in [9.17, 15) is 19.5 Å². The zero-order valence-electron chi connectivity index (χ0n) is 11.8. The van der Waals surface area contributed by atoms with Gasteiger partial charge in [0, 0.05) is 0 Å². The van der Waals surface area contributed by atoms with Gasteiger partial charge in [0.15, 0.2) is 0 Å². The van der Waals surface area contributed by atoms with Crippen molar-refractivity contribution in [2.75, 3.05) is 20.1 Å². The summed E-state index contributed by atoms with van der Waals surface area (Å²) >= 11 is 0. The topological polar surface area (TPSA) is 108 Å². The molecule has 1 aromatic rings. The van der Waals surface area contributed by atoms with Crippen LogP contribution in [-0.2, 0) is 20.8 Å². The maximum Gasteiger partial charge on any atom is 0.239 e. The third-order valence-electron chi connectivity index (χ3n) is 2.85. The van der Waals surface area contributed by atoms with Crippen LogP contribution in [0, 0.1) is 0 Å². The second-order valence-electron chi connectivity index (χ2n) is 4.40. The Morgan fingerprint density at radius 2 is 1.90 bits per heavy atom. The van der Waals surface area contributed by atoms with Crippen molar-refractivity contribution in [3.05, 3.63) is 29.8 Å². The zero-order chi connectivity index (χ0) is 15.7. The van der Waals surface area contributed by atoms with Gasteiger partial charge in [-0.25, -0.2) is 0 Å². The number of rotatable bonds is 8. The van der Waals surface area contributed by atoms with Gasteiger partial charge in [-0.3, -0.25) is 9.59 Å². The normalized spacial score (nSPS) is 11.5. The number of likely N-dealkylation sites (N-methyl/N-ethyl adjacent to an activating group) is 1. The lowest BCUT2D eigenvalue weighted by atomic mass is 10.1. The molecular formula is C14H19N3O4. The van der Waals surface area contributed by atoms with E-state index in [1.807, 2.05) is 0 Å². The summed E-state index contributed by atoms with van der Waals surface area (Å²) in [6.45, 7) is -0.252. The molecule has 7 heteroatoms. The van der Waals surface area contributed by atoms with Crippen LogP contribution in [0.15, 0.2) is 24.3 Å². The van der Waals surface area contributed by atoms with Gasteiger partial charge in [0.2, 0.25) is 11.8 Å². The van der Waals surface area contributed by atoms with Crippen LogP contribution in [0.25, 0.3) is 0 Å². The summed E-state index contributed by atoms with van der Waals surface area (Å²) in [7, 11) is 1.65. The Labute approximate surface area is 122 Å². The summed E-state index contributed by atoms with van der Waals surface area (Å²) in [6, 6.07) is 6.06. The zero-order valence-corrected chi connectivity index (χ0v) is 11.8. The van der Waals surface area contributed by atoms with Crippen molar-refractivity contribution in [1.82, 2.24) is 16.0 Å². The molecular weight excluding hydrogens is 274 g/mol. The predicted octanol–water partition coefficient (Wildman–Crippen LogP) is -1.05. The molecule has 0 aliphatic heterocycles. The molecule has 0 aliphatic carbocycles. The van der Waals surface area contributed by atoms with Gasteiger partial charge in [-0.1, -0.05) is 12.1 Å². The first-order valence-electron chi connectivity index (χ1n) is 6.50. The minimum atomic E-state index is -0.492. The number of aromatic hydroxyl groups is 1. The number of carbonyl (C=O) groups excluding carboxylic acids is 3. The molecule has 4 N–H and O–H groups in total. The lowest BCUT2D eigenvalue weighted by Gasteiger charge is -2.16. The highest BCUT2D eigenvalue weighted by atomic mass is 16.3. The molecule has 1 aromatic carbocycles. The van der Waals surface area contributed by atoms with E-state index in [1.54, 1.807) is 31.3 Å². The average Bonchev–Trinajstić information content (AvgIpc) is 2.49. The van der Waals surface area contributed by atoms with Gasteiger partial charge in [0.1, 0.15) is 12.0 Å². The van der Waals surface area contributed by atoms with Crippen LogP contribution in [0.3, 0.4) is 0 Å². The minimum absolute atomic E-state index is 0.0718. The van der Waals surface area contributed by atoms with E-state index in [4.69, 9.17) is 0 Å². The van der Waals surface area contributed by atoms with Gasteiger partial charge in [-0.15, -0.1) is 0 Å². The Bertz CT molecular complexity index is 487. The number of amides is 2. The van der Waals surface area contributed by atoms with E-state index >= 15 is 0 Å². The number of carbonyl (C=O) groups is 3. The molecule has 7 nitrogen and oxygen atoms in total. The molecule has 21 heavy (non-hydrogen) atoms. The maximum absolute atomic E-state index is 12.0. The fourth-order valence-corrected chi connectivity index (χ4v) is 1.70. The minimum Gasteiger partial charge on any atom is -0.508 e. The molecule has 0 radical (unpaired) electrons. The molecule has 0 aromatic heterocycles. The van der Waals surface area contributed by atoms with E-state index in [1.165, 1.54) is 0 Å². The molecule has 114 valence electrons. The average molecular weight is 293 g/mol. The van der Waals surface area contributed by atoms with Gasteiger partial charge in [-0.05, 0) is 31.2 Å². The molecule has 0 spiro atoms. The van der Waals surface area contributed by atoms with Gasteiger partial charge in [-0.2, -0.15) is 0 Å². The molecule has 0 saturated heterocycles. The number of aldehydes is 1. The van der Waals surface area contributed by atoms with Crippen molar-refractivity contribution in [2.24, 2.45) is 0 Å². The lowest BCUT2D eigenvalue weighted by Crippen LogP contribution is -2.47. The summed E-state index contributed by atoms with van der Waals surface area (Å²) in [5.41, 5.74) is 0.882. The summed E-state index contributed by atoms with van der Waals surface area (Å²) < 4.78 is 0. The van der Waals surface area contributed by atoms with E-state index in [0.29, 0.717) is 12.7 Å². The molecule has 0 unspecified atom stereocenters. The van der Waals surface area contributed by atoms with E-state index in [2.05, 4.69) is 16.0 Å². The summed E-state index contributed by atoms with van der Waals surface area (Å²) in [4.78, 5) is 33.3. The number of benzene rings is 1. The van der Waals surface area contributed by atoms with Crippen LogP contribution in [-0.4, -0.2) is 49.4 Å². The first-order chi connectivity index (χ1) is 10.1. The SMILES string of the molecule is CN[C@@H](Cc1ccc(O)cc1)C(=O)NCC(=O)NCC=O. The molecule has 1 rings (SSSR count). The maximum atomic E-state index is 12.0. The molecule has 2 amide bonds. The highest BCUT2D eigenvalue weighted by Gasteiger charge is 2.17. The number of hydrogen-bond donors (Lipinski definition) is 4. The van der Waals surface area contributed by atoms with E-state index < -0.39 is 11.9 Å². The number of phenols is 1. The highest BCUT2D eigenvalue weighted by Crippen LogP contribution is 2.11. The van der Waals surface area contributed by atoms with Crippen LogP contribution >= 0.6 is 0 Å². The number of hydrogen-bond acceptors (Lipinski definition) is 5. The largest absolute Gasteiger partial charge is 0.508 e. The van der Waals surface area contributed by atoms with Crippen LogP contribution in [0.2, 0.25) is 0 Å². The molecule has 0 heterocycles. The number of nitrogens with one attached hydrogen (secondary N) is 3. The highest BCUT2D eigenvalue weighted by molar-refractivity contribution is 5.88. The van der Waals surface area contributed by atoms with Gasteiger partial charge < -0.3 is 25.9 Å². The second kappa shape index (κ2) is 8.70. The molecule has 1 atom stereocenters. The van der Waals surface area contributed by atoms with Crippen molar-refractivity contribution in [1.29, 1.82) is 0 Å². The molecule has 0 bridgehead atoms. The Hall–Kier alpha value is -2.41. The predicted molar refractivity (Wildman–Crippen MR) is 76.7 cm³/mol. The van der Waals surface area contributed by atoms with Crippen molar-refractivity contribution >= 4 is 18.1 Å². The van der Waals surface area contributed by atoms with E-state index in [-0.39, 0.29) is 24.7 Å². The third-order valence-corrected chi connectivity index (χ3v) is 2.85. The van der Waals surface area contributed by atoms with Crippen molar-refractivity contribution in [3.63, 3.8) is 0 Å². The molecule has 0 saturated carbocycles. The van der Waals surface area contributed by atoms with Gasteiger partial charge >= 0.3 is 0 Å². The fraction of sp³-hybridized carbons (Fsp3) is 0.357. The van der Waals surface area contributed by atoms with Crippen molar-refractivity contribution < 1.29 is 19.5 Å². The monoisotopic (exact) mass is 293 g/mol. The summed E-state index contributed by atoms with van der Waals surface area (Å²) in [5.74, 6) is -0.571. The Morgan fingerprint density at radius 1 is 1.24 bits per heavy atom.